The summed E-state index contributed by atoms with van der Waals surface area (Å²) in [7, 11) is 0. The molecule has 192 valence electrons. The molecule has 2 atom stereocenters. The van der Waals surface area contributed by atoms with Gasteiger partial charge in [0.1, 0.15) is 12.2 Å². The van der Waals surface area contributed by atoms with Gasteiger partial charge in [-0.15, -0.1) is 5.10 Å². The number of imidazole rings is 1. The van der Waals surface area contributed by atoms with Crippen LogP contribution in [0.4, 0.5) is 8.78 Å². The lowest BCUT2D eigenvalue weighted by Crippen LogP contribution is -2.39. The van der Waals surface area contributed by atoms with Crippen LogP contribution in [0.3, 0.4) is 0 Å². The number of hydrogen-bond donors (Lipinski definition) is 2. The van der Waals surface area contributed by atoms with Crippen LogP contribution in [0.5, 0.6) is 0 Å². The van der Waals surface area contributed by atoms with Crippen molar-refractivity contribution >= 4 is 29.1 Å². The number of carboxylic acid groups (broad SMARTS) is 1. The minimum Gasteiger partial charge on any atom is -0.476 e. The van der Waals surface area contributed by atoms with Gasteiger partial charge in [0.15, 0.2) is 17.3 Å². The molecular weight excluding hydrogens is 522 g/mol. The maximum atomic E-state index is 15.3. The van der Waals surface area contributed by atoms with Crippen molar-refractivity contribution in [3.63, 3.8) is 0 Å². The lowest BCUT2D eigenvalue weighted by Gasteiger charge is -2.33. The number of fused-ring (bicyclic) bond motifs is 1. The van der Waals surface area contributed by atoms with Gasteiger partial charge in [0.2, 0.25) is 5.91 Å². The van der Waals surface area contributed by atoms with Crippen molar-refractivity contribution in [2.75, 3.05) is 0 Å². The molecule has 0 saturated carbocycles. The summed E-state index contributed by atoms with van der Waals surface area (Å²) >= 11 is 6.07. The summed E-state index contributed by atoms with van der Waals surface area (Å²) in [5, 5.41) is 20.1. The van der Waals surface area contributed by atoms with Gasteiger partial charge in [-0.3, -0.25) is 4.79 Å². The largest absolute Gasteiger partial charge is 0.476 e. The van der Waals surface area contributed by atoms with Gasteiger partial charge in [0.25, 0.3) is 0 Å². The summed E-state index contributed by atoms with van der Waals surface area (Å²) in [4.78, 5) is 37.2. The van der Waals surface area contributed by atoms with Crippen LogP contribution in [0, 0.1) is 11.6 Å². The molecule has 38 heavy (non-hydrogen) atoms. The van der Waals surface area contributed by atoms with E-state index >= 15 is 4.39 Å². The number of hydrogen-bond acceptors (Lipinski definition) is 7. The number of aromatic amines is 1. The third-order valence-electron chi connectivity index (χ3n) is 6.79. The van der Waals surface area contributed by atoms with Crippen LogP contribution in [0.2, 0.25) is 5.02 Å². The molecule has 5 heterocycles. The minimum atomic E-state index is -1.48. The fraction of sp³-hybridized carbons (Fsp3) is 0.208. The first-order chi connectivity index (χ1) is 18.3. The summed E-state index contributed by atoms with van der Waals surface area (Å²) in [6, 6.07) is 3.67. The van der Waals surface area contributed by atoms with Crippen molar-refractivity contribution < 1.29 is 23.5 Å². The van der Waals surface area contributed by atoms with Crippen molar-refractivity contribution in [2.24, 2.45) is 0 Å². The van der Waals surface area contributed by atoms with Crippen LogP contribution in [0.25, 0.3) is 22.5 Å². The first-order valence-electron chi connectivity index (χ1n) is 11.5. The van der Waals surface area contributed by atoms with Crippen LogP contribution in [0.1, 0.15) is 47.2 Å². The molecule has 2 N–H and O–H groups in total. The Morgan fingerprint density at radius 2 is 2.00 bits per heavy atom. The number of nitrogens with one attached hydrogen (secondary N) is 1. The van der Waals surface area contributed by atoms with E-state index in [-0.39, 0.29) is 33.8 Å². The number of amides is 1. The smallest absolute Gasteiger partial charge is 0.357 e. The number of carbonyl (C=O) groups is 2. The lowest BCUT2D eigenvalue weighted by molar-refractivity contribution is -0.129. The lowest BCUT2D eigenvalue weighted by atomic mass is 9.92. The summed E-state index contributed by atoms with van der Waals surface area (Å²) in [5.74, 6) is -3.03. The van der Waals surface area contributed by atoms with Crippen LogP contribution in [-0.4, -0.2) is 63.1 Å². The fourth-order valence-corrected chi connectivity index (χ4v) is 5.31. The first kappa shape index (κ1) is 23.9. The van der Waals surface area contributed by atoms with E-state index in [4.69, 9.17) is 16.7 Å². The van der Waals surface area contributed by atoms with Gasteiger partial charge in [0.05, 0.1) is 28.6 Å². The predicted octanol–water partition coefficient (Wildman–Crippen LogP) is 3.60. The van der Waals surface area contributed by atoms with Gasteiger partial charge in [-0.05, 0) is 53.5 Å². The zero-order valence-electron chi connectivity index (χ0n) is 19.3. The number of pyridine rings is 1. The van der Waals surface area contributed by atoms with E-state index in [2.05, 4.69) is 30.5 Å². The van der Waals surface area contributed by atoms with Crippen LogP contribution in [0.15, 0.2) is 43.0 Å². The molecule has 1 aromatic carbocycles. The normalized spacial score (nSPS) is 19.0. The second-order valence-electron chi connectivity index (χ2n) is 8.88. The number of aromatic carboxylic acids is 1. The number of H-pyrrole nitrogens is 1. The molecule has 1 saturated heterocycles. The van der Waals surface area contributed by atoms with Crippen LogP contribution >= 0.6 is 11.6 Å². The van der Waals surface area contributed by atoms with Gasteiger partial charge in [-0.1, -0.05) is 11.6 Å². The Bertz CT molecular complexity index is 1620. The highest BCUT2D eigenvalue weighted by atomic mass is 35.5. The molecule has 2 unspecified atom stereocenters. The highest BCUT2D eigenvalue weighted by Gasteiger charge is 2.42. The van der Waals surface area contributed by atoms with Gasteiger partial charge in [-0.25, -0.2) is 23.5 Å². The van der Waals surface area contributed by atoms with E-state index in [0.29, 0.717) is 36.3 Å². The van der Waals surface area contributed by atoms with Crippen molar-refractivity contribution in [3.05, 3.63) is 76.7 Å². The third kappa shape index (κ3) is 3.82. The Kier molecular flexibility index (Phi) is 5.71. The molecular formula is C24H17ClF2N8O3. The molecule has 0 bridgehead atoms. The number of aromatic nitrogens is 7. The summed E-state index contributed by atoms with van der Waals surface area (Å²) in [6.07, 6.45) is 6.86. The zero-order valence-corrected chi connectivity index (χ0v) is 20.1. The number of benzene rings is 1. The highest BCUT2D eigenvalue weighted by Crippen LogP contribution is 2.44. The van der Waals surface area contributed by atoms with Gasteiger partial charge < -0.3 is 15.0 Å². The van der Waals surface area contributed by atoms with Crippen LogP contribution < -0.4 is 0 Å². The quantitative estimate of drug-likeness (QED) is 0.392. The van der Waals surface area contributed by atoms with E-state index < -0.39 is 29.3 Å². The molecule has 6 rings (SSSR count). The van der Waals surface area contributed by atoms with E-state index in [1.54, 1.807) is 11.0 Å². The maximum Gasteiger partial charge on any atom is 0.357 e. The Labute approximate surface area is 217 Å². The number of carboxylic acids is 1. The SMILES string of the molecule is O=C(O)c1nccc(-c2cnc(C3CCC4CC(c5c(-n6cnnn6)ccc(Cl)c5F)=CC(=O)N43)[nH]2)c1F. The van der Waals surface area contributed by atoms with Crippen molar-refractivity contribution in [1.29, 1.82) is 0 Å². The van der Waals surface area contributed by atoms with E-state index in [0.717, 1.165) is 0 Å². The first-order valence-corrected chi connectivity index (χ1v) is 11.9. The number of tetrazole rings is 1. The molecule has 2 aliphatic heterocycles. The molecule has 1 amide bonds. The Hall–Kier alpha value is -4.52. The molecule has 3 aromatic heterocycles. The van der Waals surface area contributed by atoms with Gasteiger partial charge >= 0.3 is 5.97 Å². The Morgan fingerprint density at radius 3 is 2.76 bits per heavy atom. The highest BCUT2D eigenvalue weighted by molar-refractivity contribution is 6.31. The van der Waals surface area contributed by atoms with E-state index in [1.165, 1.54) is 41.6 Å². The summed E-state index contributed by atoms with van der Waals surface area (Å²) < 4.78 is 31.3. The standard InChI is InChI=1S/C24H17ClF2N8O3/c25-14-2-4-16(34-10-30-32-33-34)19(21(14)27)11-7-12-1-3-17(35(12)18(36)8-11)23-29-9-15(31-23)13-5-6-28-22(20(13)26)24(37)38/h2,4-6,8-10,12,17H,1,3,7H2,(H,29,31)(H,37,38). The molecule has 0 radical (unpaired) electrons. The minimum absolute atomic E-state index is 0.00408. The predicted molar refractivity (Wildman–Crippen MR) is 128 cm³/mol. The van der Waals surface area contributed by atoms with Crippen molar-refractivity contribution in [1.82, 2.24) is 40.1 Å². The number of rotatable bonds is 5. The number of carbonyl (C=O) groups excluding carboxylic acids is 1. The van der Waals surface area contributed by atoms with Crippen molar-refractivity contribution in [2.45, 2.75) is 31.3 Å². The second-order valence-corrected chi connectivity index (χ2v) is 9.29. The molecule has 0 aliphatic carbocycles. The molecule has 1 fully saturated rings. The zero-order chi connectivity index (χ0) is 26.6. The third-order valence-corrected chi connectivity index (χ3v) is 7.08. The molecule has 14 heteroatoms. The molecule has 2 aliphatic rings. The molecule has 11 nitrogen and oxygen atoms in total. The van der Waals surface area contributed by atoms with Gasteiger partial charge in [-0.2, -0.15) is 4.68 Å². The Balaban J connectivity index is 1.33. The van der Waals surface area contributed by atoms with Crippen LogP contribution in [-0.2, 0) is 4.79 Å². The molecule has 0 spiro atoms. The van der Waals surface area contributed by atoms with Crippen molar-refractivity contribution in [3.8, 4) is 16.9 Å². The summed E-state index contributed by atoms with van der Waals surface area (Å²) in [5.41, 5.74) is 0.557. The maximum absolute atomic E-state index is 15.3. The second kappa shape index (κ2) is 9.10. The van der Waals surface area contributed by atoms with E-state index in [9.17, 15) is 14.0 Å². The Morgan fingerprint density at radius 1 is 1.16 bits per heavy atom. The molecule has 4 aromatic rings. The van der Waals surface area contributed by atoms with E-state index in [1.807, 2.05) is 0 Å². The fourth-order valence-electron chi connectivity index (χ4n) is 5.15. The average Bonchev–Trinajstić information content (AvgIpc) is 3.66. The monoisotopic (exact) mass is 538 g/mol. The average molecular weight is 539 g/mol. The number of nitrogens with zero attached hydrogens (tertiary/aromatic N) is 7. The summed E-state index contributed by atoms with van der Waals surface area (Å²) in [6.45, 7) is 0. The topological polar surface area (TPSA) is 143 Å². The van der Waals surface area contributed by atoms with Gasteiger partial charge in [0, 0.05) is 29.4 Å². The number of halogens is 3.